The smallest absolute Gasteiger partial charge is 0.408 e. The van der Waals surface area contributed by atoms with Gasteiger partial charge in [0.15, 0.2) is 0 Å². The van der Waals surface area contributed by atoms with Crippen molar-refractivity contribution in [3.05, 3.63) is 42.0 Å². The lowest BCUT2D eigenvalue weighted by molar-refractivity contribution is -0.142. The second kappa shape index (κ2) is 15.6. The van der Waals surface area contributed by atoms with E-state index in [9.17, 15) is 14.4 Å². The maximum Gasteiger partial charge on any atom is 0.408 e. The Morgan fingerprint density at radius 3 is 2.39 bits per heavy atom. The number of rotatable bonds is 14. The molecule has 0 aromatic heterocycles. The fraction of sp³-hybridized carbons (Fsp3) is 0.607. The summed E-state index contributed by atoms with van der Waals surface area (Å²) in [5, 5.41) is 5.73. The number of amides is 3. The van der Waals surface area contributed by atoms with E-state index < -0.39 is 23.8 Å². The molecule has 0 saturated carbocycles. The third-order valence-electron chi connectivity index (χ3n) is 5.59. The van der Waals surface area contributed by atoms with Crippen molar-refractivity contribution in [2.24, 2.45) is 0 Å². The first-order valence-electron chi connectivity index (χ1n) is 12.9. The summed E-state index contributed by atoms with van der Waals surface area (Å²) >= 11 is 4.34. The molecule has 3 atom stereocenters. The van der Waals surface area contributed by atoms with Crippen LogP contribution in [0.4, 0.5) is 4.79 Å². The first-order chi connectivity index (χ1) is 17.0. The second-order valence-electron chi connectivity index (χ2n) is 10.1. The van der Waals surface area contributed by atoms with Crippen LogP contribution in [0.3, 0.4) is 0 Å². The minimum Gasteiger partial charge on any atom is -0.444 e. The summed E-state index contributed by atoms with van der Waals surface area (Å²) < 4.78 is 5.36. The molecule has 1 rings (SSSR count). The van der Waals surface area contributed by atoms with Gasteiger partial charge in [0.05, 0.1) is 0 Å². The van der Waals surface area contributed by atoms with Crippen LogP contribution in [0.1, 0.15) is 90.8 Å². The molecular weight excluding hydrogens is 474 g/mol. The molecule has 0 fully saturated rings. The fourth-order valence-corrected chi connectivity index (χ4v) is 4.14. The van der Waals surface area contributed by atoms with Crippen LogP contribution < -0.4 is 10.6 Å². The van der Waals surface area contributed by atoms with E-state index in [1.165, 1.54) is 0 Å². The number of alkyl carbamates (subject to hydrolysis) is 1. The molecule has 1 aromatic rings. The minimum absolute atomic E-state index is 0.0410. The molecule has 7 nitrogen and oxygen atoms in total. The zero-order valence-electron chi connectivity index (χ0n) is 22.8. The summed E-state index contributed by atoms with van der Waals surface area (Å²) in [5.41, 5.74) is 0.831. The van der Waals surface area contributed by atoms with E-state index in [1.54, 1.807) is 31.7 Å². The van der Waals surface area contributed by atoms with Crippen LogP contribution in [0.15, 0.2) is 30.8 Å². The average Bonchev–Trinajstić information content (AvgIpc) is 2.80. The van der Waals surface area contributed by atoms with Crippen molar-refractivity contribution in [1.29, 1.82) is 0 Å². The molecule has 0 heterocycles. The number of hydrogen-bond acceptors (Lipinski definition) is 5. The number of carbonyl (C=O) groups excluding carboxylic acids is 3. The Morgan fingerprint density at radius 2 is 1.83 bits per heavy atom. The first-order valence-corrected chi connectivity index (χ1v) is 13.5. The van der Waals surface area contributed by atoms with Crippen LogP contribution in [0.2, 0.25) is 0 Å². The summed E-state index contributed by atoms with van der Waals surface area (Å²) in [6, 6.07) is 5.62. The lowest BCUT2D eigenvalue weighted by atomic mass is 9.99. The Kier molecular flexibility index (Phi) is 13.7. The molecule has 36 heavy (non-hydrogen) atoms. The summed E-state index contributed by atoms with van der Waals surface area (Å²) in [6.07, 6.45) is 5.36. The molecule has 202 valence electrons. The molecule has 0 radical (unpaired) electrons. The highest BCUT2D eigenvalue weighted by Crippen LogP contribution is 2.25. The van der Waals surface area contributed by atoms with Crippen LogP contribution in [0.5, 0.6) is 0 Å². The van der Waals surface area contributed by atoms with E-state index >= 15 is 0 Å². The van der Waals surface area contributed by atoms with E-state index in [0.717, 1.165) is 37.7 Å². The molecule has 0 aliphatic heterocycles. The number of hydrogen-bond donors (Lipinski definition) is 3. The second-order valence-corrected chi connectivity index (χ2v) is 10.5. The van der Waals surface area contributed by atoms with Gasteiger partial charge in [0.25, 0.3) is 0 Å². The predicted octanol–water partition coefficient (Wildman–Crippen LogP) is 5.52. The third-order valence-corrected chi connectivity index (χ3v) is 5.95. The quantitative estimate of drug-likeness (QED) is 0.223. The zero-order valence-corrected chi connectivity index (χ0v) is 23.7. The molecule has 2 N–H and O–H groups in total. The predicted molar refractivity (Wildman–Crippen MR) is 150 cm³/mol. The topological polar surface area (TPSA) is 87.7 Å². The van der Waals surface area contributed by atoms with E-state index in [-0.39, 0.29) is 23.6 Å². The van der Waals surface area contributed by atoms with Crippen LogP contribution in [0, 0.1) is 0 Å². The standard InChI is InChI=1S/C28H45N3O4S/c1-8-11-12-17-31(26(33)23(19-36)30-27(34)35-28(5,6)7)24(25(32)29-20(4)14-9-2)22-16-13-15-21(10-3)18-22/h10,13,15-16,18,20,23-24,36H,3,8-9,11-12,14,17,19H2,1-2,4-7H3,(H,29,32)(H,30,34). The molecule has 0 spiro atoms. The van der Waals surface area contributed by atoms with Gasteiger partial charge in [-0.1, -0.05) is 64.0 Å². The largest absolute Gasteiger partial charge is 0.444 e. The van der Waals surface area contributed by atoms with Gasteiger partial charge in [0.2, 0.25) is 11.8 Å². The first kappa shape index (κ1) is 31.5. The SMILES string of the molecule is C=Cc1cccc(C(C(=O)NC(C)CCC)N(CCCCC)C(=O)C(CS)NC(=O)OC(C)(C)C)c1. The molecule has 1 aromatic carbocycles. The molecule has 3 amide bonds. The molecule has 0 aliphatic rings. The molecule has 0 aliphatic carbocycles. The van der Waals surface area contributed by atoms with Gasteiger partial charge < -0.3 is 20.3 Å². The number of nitrogens with zero attached hydrogens (tertiary/aromatic N) is 1. The highest BCUT2D eigenvalue weighted by molar-refractivity contribution is 7.80. The zero-order chi connectivity index (χ0) is 27.3. The Morgan fingerprint density at radius 1 is 1.14 bits per heavy atom. The van der Waals surface area contributed by atoms with E-state index in [1.807, 2.05) is 31.2 Å². The van der Waals surface area contributed by atoms with Gasteiger partial charge in [0.1, 0.15) is 17.7 Å². The number of nitrogens with one attached hydrogen (secondary N) is 2. The summed E-state index contributed by atoms with van der Waals surface area (Å²) in [6.45, 7) is 15.6. The lowest BCUT2D eigenvalue weighted by Gasteiger charge is -2.35. The molecule has 0 bridgehead atoms. The van der Waals surface area contributed by atoms with Crippen LogP contribution in [0.25, 0.3) is 6.08 Å². The van der Waals surface area contributed by atoms with Crippen molar-refractivity contribution in [3.8, 4) is 0 Å². The highest BCUT2D eigenvalue weighted by Gasteiger charge is 2.36. The van der Waals surface area contributed by atoms with E-state index in [4.69, 9.17) is 4.74 Å². The monoisotopic (exact) mass is 519 g/mol. The molecule has 0 saturated heterocycles. The van der Waals surface area contributed by atoms with Gasteiger partial charge in [0, 0.05) is 18.3 Å². The summed E-state index contributed by atoms with van der Waals surface area (Å²) in [5.74, 6) is -0.563. The lowest BCUT2D eigenvalue weighted by Crippen LogP contribution is -2.54. The van der Waals surface area contributed by atoms with Crippen molar-refractivity contribution in [1.82, 2.24) is 15.5 Å². The number of thiol groups is 1. The van der Waals surface area contributed by atoms with E-state index in [2.05, 4.69) is 43.7 Å². The Hall–Kier alpha value is -2.48. The number of carbonyl (C=O) groups is 3. The Bertz CT molecular complexity index is 869. The van der Waals surface area contributed by atoms with Crippen molar-refractivity contribution in [2.45, 2.75) is 97.4 Å². The minimum atomic E-state index is -0.948. The van der Waals surface area contributed by atoms with E-state index in [0.29, 0.717) is 12.1 Å². The maximum atomic E-state index is 13.9. The Labute approximate surface area is 222 Å². The van der Waals surface area contributed by atoms with Gasteiger partial charge >= 0.3 is 6.09 Å². The van der Waals surface area contributed by atoms with Gasteiger partial charge in [-0.3, -0.25) is 9.59 Å². The van der Waals surface area contributed by atoms with Gasteiger partial charge in [-0.15, -0.1) is 0 Å². The molecule has 3 unspecified atom stereocenters. The number of ether oxygens (including phenoxy) is 1. The normalized spacial score (nSPS) is 13.8. The van der Waals surface area contributed by atoms with Crippen molar-refractivity contribution in [3.63, 3.8) is 0 Å². The van der Waals surface area contributed by atoms with Crippen LogP contribution in [-0.4, -0.2) is 52.8 Å². The highest BCUT2D eigenvalue weighted by atomic mass is 32.1. The van der Waals surface area contributed by atoms with Gasteiger partial charge in [-0.2, -0.15) is 12.6 Å². The van der Waals surface area contributed by atoms with Crippen molar-refractivity contribution < 1.29 is 19.1 Å². The molecular formula is C28H45N3O4S. The number of unbranched alkanes of at least 4 members (excludes halogenated alkanes) is 2. The maximum absolute atomic E-state index is 13.9. The van der Waals surface area contributed by atoms with Gasteiger partial charge in [-0.05, 0) is 57.7 Å². The summed E-state index contributed by atoms with van der Waals surface area (Å²) in [7, 11) is 0. The number of benzene rings is 1. The van der Waals surface area contributed by atoms with Crippen molar-refractivity contribution in [2.75, 3.05) is 12.3 Å². The molecule has 8 heteroatoms. The van der Waals surface area contributed by atoms with Gasteiger partial charge in [-0.25, -0.2) is 4.79 Å². The Balaban J connectivity index is 3.44. The van der Waals surface area contributed by atoms with Crippen molar-refractivity contribution >= 4 is 36.6 Å². The van der Waals surface area contributed by atoms with Crippen LogP contribution >= 0.6 is 12.6 Å². The third kappa shape index (κ3) is 10.6. The van der Waals surface area contributed by atoms with Crippen LogP contribution in [-0.2, 0) is 14.3 Å². The fourth-order valence-electron chi connectivity index (χ4n) is 3.89. The average molecular weight is 520 g/mol. The summed E-state index contributed by atoms with van der Waals surface area (Å²) in [4.78, 5) is 41.6.